The SMILES string of the molecule is CCCCc1nc(-c2ccc(C(F)(F)F)cc2)sc1COc1ccc(C2=NOC(C=O)N2)c(S(C)(=O)=O)c1. The van der Waals surface area contributed by atoms with E-state index in [4.69, 9.17) is 9.57 Å². The molecule has 202 valence electrons. The van der Waals surface area contributed by atoms with Gasteiger partial charge in [0.25, 0.3) is 6.23 Å². The first-order chi connectivity index (χ1) is 18.0. The number of rotatable bonds is 10. The van der Waals surface area contributed by atoms with Gasteiger partial charge in [-0.3, -0.25) is 4.79 Å². The van der Waals surface area contributed by atoms with Crippen molar-refractivity contribution in [2.24, 2.45) is 5.16 Å². The second-order valence-electron chi connectivity index (χ2n) is 8.53. The molecule has 0 saturated carbocycles. The number of benzene rings is 2. The quantitative estimate of drug-likeness (QED) is 0.345. The molecule has 0 spiro atoms. The fourth-order valence-corrected chi connectivity index (χ4v) is 5.61. The molecule has 0 saturated heterocycles. The van der Waals surface area contributed by atoms with Gasteiger partial charge in [-0.05, 0) is 43.2 Å². The van der Waals surface area contributed by atoms with Crippen molar-refractivity contribution >= 4 is 33.3 Å². The molecule has 8 nitrogen and oxygen atoms in total. The van der Waals surface area contributed by atoms with Gasteiger partial charge in [0.05, 0.1) is 21.0 Å². The average Bonchev–Trinajstić information content (AvgIpc) is 3.52. The lowest BCUT2D eigenvalue weighted by atomic mass is 10.1. The molecular formula is C25H24F3N3O5S2. The highest BCUT2D eigenvalue weighted by Crippen LogP contribution is 2.34. The summed E-state index contributed by atoms with van der Waals surface area (Å²) in [5.74, 6) is 0.395. The van der Waals surface area contributed by atoms with Gasteiger partial charge in [0.15, 0.2) is 22.0 Å². The Morgan fingerprint density at radius 1 is 1.18 bits per heavy atom. The van der Waals surface area contributed by atoms with Crippen molar-refractivity contribution in [2.75, 3.05) is 6.26 Å². The Morgan fingerprint density at radius 2 is 1.92 bits per heavy atom. The van der Waals surface area contributed by atoms with Gasteiger partial charge in [0.1, 0.15) is 17.4 Å². The summed E-state index contributed by atoms with van der Waals surface area (Å²) in [6.07, 6.45) is -1.40. The molecule has 0 aliphatic carbocycles. The molecule has 38 heavy (non-hydrogen) atoms. The molecule has 2 heterocycles. The maximum absolute atomic E-state index is 12.9. The first-order valence-corrected chi connectivity index (χ1v) is 14.3. The predicted octanol–water partition coefficient (Wildman–Crippen LogP) is 4.96. The van der Waals surface area contributed by atoms with E-state index in [0.717, 1.165) is 41.8 Å². The summed E-state index contributed by atoms with van der Waals surface area (Å²) >= 11 is 1.32. The molecule has 2 aromatic carbocycles. The minimum Gasteiger partial charge on any atom is -0.488 e. The van der Waals surface area contributed by atoms with Crippen molar-refractivity contribution in [1.82, 2.24) is 10.3 Å². The molecule has 1 N–H and O–H groups in total. The van der Waals surface area contributed by atoms with E-state index in [2.05, 4.69) is 15.5 Å². The van der Waals surface area contributed by atoms with E-state index in [1.54, 1.807) is 6.07 Å². The zero-order valence-corrected chi connectivity index (χ0v) is 22.0. The van der Waals surface area contributed by atoms with Crippen molar-refractivity contribution in [3.8, 4) is 16.3 Å². The van der Waals surface area contributed by atoms with Crippen LogP contribution in [0.1, 0.15) is 41.5 Å². The lowest BCUT2D eigenvalue weighted by Crippen LogP contribution is -2.31. The van der Waals surface area contributed by atoms with Crippen LogP contribution in [0.3, 0.4) is 0 Å². The van der Waals surface area contributed by atoms with Crippen molar-refractivity contribution in [2.45, 2.75) is 50.1 Å². The third kappa shape index (κ3) is 6.33. The molecular weight excluding hydrogens is 543 g/mol. The second-order valence-corrected chi connectivity index (χ2v) is 11.6. The molecule has 1 aliphatic heterocycles. The number of aldehydes is 1. The van der Waals surface area contributed by atoms with Crippen LogP contribution in [-0.2, 0) is 38.7 Å². The smallest absolute Gasteiger partial charge is 0.416 e. The van der Waals surface area contributed by atoms with Crippen LogP contribution < -0.4 is 10.1 Å². The van der Waals surface area contributed by atoms with Crippen LogP contribution in [0.4, 0.5) is 13.2 Å². The van der Waals surface area contributed by atoms with E-state index < -0.39 is 27.8 Å². The maximum atomic E-state index is 12.9. The van der Waals surface area contributed by atoms with Gasteiger partial charge in [0.2, 0.25) is 0 Å². The highest BCUT2D eigenvalue weighted by atomic mass is 32.2. The number of nitrogens with zero attached hydrogens (tertiary/aromatic N) is 2. The van der Waals surface area contributed by atoms with Crippen LogP contribution >= 0.6 is 11.3 Å². The Labute approximate surface area is 221 Å². The number of amidine groups is 1. The number of alkyl halides is 3. The van der Waals surface area contributed by atoms with Gasteiger partial charge < -0.3 is 14.9 Å². The molecule has 0 amide bonds. The molecule has 3 aromatic rings. The van der Waals surface area contributed by atoms with Crippen LogP contribution in [-0.4, -0.2) is 38.0 Å². The van der Waals surface area contributed by atoms with Gasteiger partial charge in [-0.25, -0.2) is 13.4 Å². The molecule has 1 aliphatic rings. The maximum Gasteiger partial charge on any atom is 0.416 e. The van der Waals surface area contributed by atoms with E-state index in [9.17, 15) is 26.4 Å². The van der Waals surface area contributed by atoms with Gasteiger partial charge in [-0.15, -0.1) is 11.3 Å². The van der Waals surface area contributed by atoms with Crippen molar-refractivity contribution in [3.05, 3.63) is 64.2 Å². The summed E-state index contributed by atoms with van der Waals surface area (Å²) in [4.78, 5) is 21.2. The number of halogens is 3. The summed E-state index contributed by atoms with van der Waals surface area (Å²) in [5.41, 5.74) is 0.851. The van der Waals surface area contributed by atoms with E-state index in [1.807, 2.05) is 6.92 Å². The number of aryl methyl sites for hydroxylation is 1. The molecule has 0 fully saturated rings. The van der Waals surface area contributed by atoms with Gasteiger partial charge in [-0.2, -0.15) is 13.2 Å². The Morgan fingerprint density at radius 3 is 2.53 bits per heavy atom. The molecule has 1 aromatic heterocycles. The number of unbranched alkanes of at least 4 members (excludes halogenated alkanes) is 1. The molecule has 1 unspecified atom stereocenters. The second kappa shape index (κ2) is 11.1. The monoisotopic (exact) mass is 567 g/mol. The summed E-state index contributed by atoms with van der Waals surface area (Å²) in [6, 6.07) is 9.29. The first-order valence-electron chi connectivity index (χ1n) is 11.6. The van der Waals surface area contributed by atoms with Crippen molar-refractivity contribution in [1.29, 1.82) is 0 Å². The van der Waals surface area contributed by atoms with Crippen LogP contribution in [0.25, 0.3) is 10.6 Å². The average molecular weight is 568 g/mol. The third-order valence-electron chi connectivity index (χ3n) is 5.64. The van der Waals surface area contributed by atoms with Gasteiger partial charge in [-0.1, -0.05) is 30.6 Å². The molecule has 13 heteroatoms. The van der Waals surface area contributed by atoms with E-state index >= 15 is 0 Å². The number of nitrogens with one attached hydrogen (secondary N) is 1. The lowest BCUT2D eigenvalue weighted by molar-refractivity contribution is -0.137. The summed E-state index contributed by atoms with van der Waals surface area (Å²) in [7, 11) is -3.70. The highest BCUT2D eigenvalue weighted by Gasteiger charge is 2.30. The highest BCUT2D eigenvalue weighted by molar-refractivity contribution is 7.90. The van der Waals surface area contributed by atoms with Crippen molar-refractivity contribution in [3.63, 3.8) is 0 Å². The van der Waals surface area contributed by atoms with Crippen LogP contribution in [0.2, 0.25) is 0 Å². The summed E-state index contributed by atoms with van der Waals surface area (Å²) < 4.78 is 69.7. The number of carbonyl (C=O) groups is 1. The number of sulfone groups is 1. The Bertz CT molecular complexity index is 1450. The number of thiazole rings is 1. The standard InChI is InChI=1S/C25H24F3N3O5S2/c1-3-4-5-19-20(37-24(29-19)15-6-8-16(9-7-15)25(26,27)28)14-35-17-10-11-18(21(12-17)38(2,33)34)23-30-22(13-32)36-31-23/h6-13,22H,3-5,14H2,1-2H3,(H,30,31). The van der Waals surface area contributed by atoms with Crippen LogP contribution in [0.15, 0.2) is 52.5 Å². The molecule has 0 radical (unpaired) electrons. The van der Waals surface area contributed by atoms with Crippen LogP contribution in [0.5, 0.6) is 5.75 Å². The Kier molecular flexibility index (Phi) is 8.07. The molecule has 1 atom stereocenters. The summed E-state index contributed by atoms with van der Waals surface area (Å²) in [6.45, 7) is 2.13. The molecule has 0 bridgehead atoms. The minimum atomic E-state index is -4.42. The van der Waals surface area contributed by atoms with Gasteiger partial charge >= 0.3 is 6.18 Å². The lowest BCUT2D eigenvalue weighted by Gasteiger charge is -2.12. The number of aromatic nitrogens is 1. The number of ether oxygens (including phenoxy) is 1. The molecule has 4 rings (SSSR count). The summed E-state index contributed by atoms with van der Waals surface area (Å²) in [5, 5.41) is 7.01. The first kappa shape index (κ1) is 27.6. The third-order valence-corrected chi connectivity index (χ3v) is 7.90. The van der Waals surface area contributed by atoms with E-state index in [1.165, 1.54) is 35.6 Å². The van der Waals surface area contributed by atoms with Crippen LogP contribution in [0, 0.1) is 0 Å². The normalized spacial score (nSPS) is 15.5. The predicted molar refractivity (Wildman–Crippen MR) is 136 cm³/mol. The van der Waals surface area contributed by atoms with Crippen molar-refractivity contribution < 1.29 is 36.0 Å². The zero-order chi connectivity index (χ0) is 27.5. The van der Waals surface area contributed by atoms with E-state index in [0.29, 0.717) is 23.3 Å². The Hall–Kier alpha value is -3.45. The minimum absolute atomic E-state index is 0.0580. The fourth-order valence-electron chi connectivity index (χ4n) is 3.69. The number of hydrogen-bond acceptors (Lipinski definition) is 9. The van der Waals surface area contributed by atoms with Gasteiger partial charge in [0, 0.05) is 17.4 Å². The largest absolute Gasteiger partial charge is 0.488 e. The Balaban J connectivity index is 1.58. The number of hydrogen-bond donors (Lipinski definition) is 1. The van der Waals surface area contributed by atoms with E-state index in [-0.39, 0.29) is 28.7 Å². The number of oxime groups is 1. The number of carbonyl (C=O) groups excluding carboxylic acids is 1. The zero-order valence-electron chi connectivity index (χ0n) is 20.4. The fraction of sp³-hybridized carbons (Fsp3) is 0.320. The topological polar surface area (TPSA) is 107 Å².